The second-order valence-corrected chi connectivity index (χ2v) is 6.41. The minimum atomic E-state index is -0.390. The minimum absolute atomic E-state index is 0.231. The molecule has 3 aromatic rings. The van der Waals surface area contributed by atoms with Crippen molar-refractivity contribution in [1.29, 1.82) is 0 Å². The summed E-state index contributed by atoms with van der Waals surface area (Å²) in [6.45, 7) is 1.74. The molecular formula is C14H13N3O2S2. The predicted molar refractivity (Wildman–Crippen MR) is 83.7 cm³/mol. The highest BCUT2D eigenvalue weighted by atomic mass is 32.2. The standard InChI is InChI=1S/C14H13N3O2S2/c1-8-6-10(16-19-8)13(18)15-14-17(2)11-5-4-9(20-3)7-12(11)21-14/h4-7H,1-3H3. The second kappa shape index (κ2) is 5.50. The van der Waals surface area contributed by atoms with Gasteiger partial charge < -0.3 is 9.09 Å². The molecule has 21 heavy (non-hydrogen) atoms. The van der Waals surface area contributed by atoms with Gasteiger partial charge in [0.1, 0.15) is 5.76 Å². The number of thiazole rings is 1. The van der Waals surface area contributed by atoms with E-state index in [1.807, 2.05) is 23.9 Å². The van der Waals surface area contributed by atoms with Crippen molar-refractivity contribution in [3.63, 3.8) is 0 Å². The van der Waals surface area contributed by atoms with Crippen LogP contribution in [0.2, 0.25) is 0 Å². The molecule has 0 aliphatic heterocycles. The van der Waals surface area contributed by atoms with Gasteiger partial charge in [-0.05, 0) is 31.4 Å². The first-order chi connectivity index (χ1) is 10.1. The fourth-order valence-corrected chi connectivity index (χ4v) is 3.53. The summed E-state index contributed by atoms with van der Waals surface area (Å²) in [4.78, 5) is 18.1. The van der Waals surface area contributed by atoms with Crippen molar-refractivity contribution in [3.8, 4) is 0 Å². The molecule has 1 aromatic carbocycles. The molecular weight excluding hydrogens is 306 g/mol. The molecule has 0 radical (unpaired) electrons. The summed E-state index contributed by atoms with van der Waals surface area (Å²) in [6.07, 6.45) is 2.04. The molecule has 0 aliphatic rings. The molecule has 3 rings (SSSR count). The zero-order valence-electron chi connectivity index (χ0n) is 11.8. The maximum atomic E-state index is 12.1. The number of hydrogen-bond acceptors (Lipinski definition) is 5. The summed E-state index contributed by atoms with van der Waals surface area (Å²) in [5, 5.41) is 3.70. The van der Waals surface area contributed by atoms with Crippen LogP contribution < -0.4 is 4.80 Å². The third-order valence-corrected chi connectivity index (χ3v) is 4.88. The number of carbonyl (C=O) groups is 1. The first kappa shape index (κ1) is 14.1. The Balaban J connectivity index is 2.09. The lowest BCUT2D eigenvalue weighted by Crippen LogP contribution is -2.13. The maximum Gasteiger partial charge on any atom is 0.301 e. The van der Waals surface area contributed by atoms with Gasteiger partial charge in [-0.1, -0.05) is 16.5 Å². The molecule has 0 saturated heterocycles. The van der Waals surface area contributed by atoms with Gasteiger partial charge in [-0.2, -0.15) is 4.99 Å². The highest BCUT2D eigenvalue weighted by Crippen LogP contribution is 2.23. The molecule has 2 heterocycles. The Bertz CT molecular complexity index is 889. The molecule has 0 bridgehead atoms. The van der Waals surface area contributed by atoms with Crippen molar-refractivity contribution in [1.82, 2.24) is 9.72 Å². The van der Waals surface area contributed by atoms with E-state index >= 15 is 0 Å². The Morgan fingerprint density at radius 1 is 1.43 bits per heavy atom. The molecule has 0 atom stereocenters. The quantitative estimate of drug-likeness (QED) is 0.681. The first-order valence-electron chi connectivity index (χ1n) is 6.24. The van der Waals surface area contributed by atoms with E-state index in [9.17, 15) is 4.79 Å². The van der Waals surface area contributed by atoms with Crippen LogP contribution in [0.5, 0.6) is 0 Å². The van der Waals surface area contributed by atoms with E-state index in [-0.39, 0.29) is 11.6 Å². The van der Waals surface area contributed by atoms with E-state index < -0.39 is 0 Å². The van der Waals surface area contributed by atoms with Gasteiger partial charge in [0, 0.05) is 18.0 Å². The fraction of sp³-hybridized carbons (Fsp3) is 0.214. The van der Waals surface area contributed by atoms with Crippen molar-refractivity contribution in [2.45, 2.75) is 11.8 Å². The van der Waals surface area contributed by atoms with Gasteiger partial charge in [-0.3, -0.25) is 4.79 Å². The van der Waals surface area contributed by atoms with Gasteiger partial charge in [0.25, 0.3) is 0 Å². The van der Waals surface area contributed by atoms with Crippen molar-refractivity contribution >= 4 is 39.2 Å². The summed E-state index contributed by atoms with van der Waals surface area (Å²) >= 11 is 3.18. The van der Waals surface area contributed by atoms with Gasteiger partial charge >= 0.3 is 5.91 Å². The molecule has 2 aromatic heterocycles. The summed E-state index contributed by atoms with van der Waals surface area (Å²) in [6, 6.07) is 7.80. The Morgan fingerprint density at radius 2 is 2.24 bits per heavy atom. The number of fused-ring (bicyclic) bond motifs is 1. The Kier molecular flexibility index (Phi) is 3.69. The summed E-state index contributed by atoms with van der Waals surface area (Å²) in [5.74, 6) is 0.206. The number of amides is 1. The maximum absolute atomic E-state index is 12.1. The van der Waals surface area contributed by atoms with Gasteiger partial charge in [0.2, 0.25) is 0 Å². The smallest absolute Gasteiger partial charge is 0.301 e. The van der Waals surface area contributed by atoms with Crippen molar-refractivity contribution in [2.75, 3.05) is 6.26 Å². The summed E-state index contributed by atoms with van der Waals surface area (Å²) < 4.78 is 7.92. The van der Waals surface area contributed by atoms with Crippen LogP contribution in [0, 0.1) is 6.92 Å². The Morgan fingerprint density at radius 3 is 2.90 bits per heavy atom. The number of aromatic nitrogens is 2. The van der Waals surface area contributed by atoms with E-state index in [1.54, 1.807) is 24.8 Å². The molecule has 5 nitrogen and oxygen atoms in total. The summed E-state index contributed by atoms with van der Waals surface area (Å²) in [7, 11) is 1.90. The van der Waals surface area contributed by atoms with Crippen LogP contribution in [0.3, 0.4) is 0 Å². The molecule has 0 aliphatic carbocycles. The van der Waals surface area contributed by atoms with Crippen LogP contribution in [0.25, 0.3) is 10.2 Å². The third kappa shape index (κ3) is 2.66. The van der Waals surface area contributed by atoms with Crippen molar-refractivity contribution < 1.29 is 9.32 Å². The van der Waals surface area contributed by atoms with E-state index in [4.69, 9.17) is 4.52 Å². The average Bonchev–Trinajstić information content (AvgIpc) is 3.03. The Labute approximate surface area is 129 Å². The highest BCUT2D eigenvalue weighted by Gasteiger charge is 2.11. The predicted octanol–water partition coefficient (Wildman–Crippen LogP) is 3.00. The lowest BCUT2D eigenvalue weighted by molar-refractivity contribution is 0.0989. The van der Waals surface area contributed by atoms with Crippen molar-refractivity contribution in [3.05, 3.63) is 40.5 Å². The summed E-state index contributed by atoms with van der Waals surface area (Å²) in [5.41, 5.74) is 1.29. The normalized spacial score (nSPS) is 12.2. The number of nitrogens with zero attached hydrogens (tertiary/aromatic N) is 3. The molecule has 0 fully saturated rings. The molecule has 7 heteroatoms. The molecule has 0 saturated carbocycles. The number of carbonyl (C=O) groups excluding carboxylic acids is 1. The van der Waals surface area contributed by atoms with Crippen LogP contribution in [0.4, 0.5) is 0 Å². The Hall–Kier alpha value is -1.86. The fourth-order valence-electron chi connectivity index (χ4n) is 1.96. The van der Waals surface area contributed by atoms with E-state index in [0.29, 0.717) is 10.6 Å². The monoisotopic (exact) mass is 319 g/mol. The van der Waals surface area contributed by atoms with Crippen LogP contribution in [-0.4, -0.2) is 21.9 Å². The highest BCUT2D eigenvalue weighted by molar-refractivity contribution is 7.98. The molecule has 108 valence electrons. The largest absolute Gasteiger partial charge is 0.361 e. The van der Waals surface area contributed by atoms with Crippen molar-refractivity contribution in [2.24, 2.45) is 12.0 Å². The number of benzene rings is 1. The number of thioether (sulfide) groups is 1. The number of hydrogen-bond donors (Lipinski definition) is 0. The van der Waals surface area contributed by atoms with Gasteiger partial charge in [-0.25, -0.2) is 0 Å². The van der Waals surface area contributed by atoms with E-state index in [0.717, 1.165) is 10.2 Å². The minimum Gasteiger partial charge on any atom is -0.361 e. The third-order valence-electron chi connectivity index (χ3n) is 3.06. The van der Waals surface area contributed by atoms with Crippen LogP contribution in [-0.2, 0) is 7.05 Å². The SMILES string of the molecule is CSc1ccc2c(c1)sc(=NC(=O)c1cc(C)on1)n2C. The number of rotatable bonds is 2. The van der Waals surface area contributed by atoms with Crippen LogP contribution in [0.15, 0.2) is 38.7 Å². The van der Waals surface area contributed by atoms with Gasteiger partial charge in [0.05, 0.1) is 10.2 Å². The van der Waals surface area contributed by atoms with E-state index in [1.165, 1.54) is 16.2 Å². The topological polar surface area (TPSA) is 60.4 Å². The lowest BCUT2D eigenvalue weighted by atomic mass is 10.3. The van der Waals surface area contributed by atoms with Gasteiger partial charge in [0.15, 0.2) is 10.5 Å². The molecule has 1 amide bonds. The van der Waals surface area contributed by atoms with Crippen LogP contribution in [0.1, 0.15) is 16.2 Å². The number of aryl methyl sites for hydroxylation is 2. The first-order valence-corrected chi connectivity index (χ1v) is 8.28. The molecule has 0 N–H and O–H groups in total. The van der Waals surface area contributed by atoms with Gasteiger partial charge in [-0.15, -0.1) is 11.8 Å². The second-order valence-electron chi connectivity index (χ2n) is 4.52. The van der Waals surface area contributed by atoms with E-state index in [2.05, 4.69) is 22.3 Å². The zero-order chi connectivity index (χ0) is 15.0. The lowest BCUT2D eigenvalue weighted by Gasteiger charge is -1.97. The average molecular weight is 319 g/mol. The zero-order valence-corrected chi connectivity index (χ0v) is 13.4. The van der Waals surface area contributed by atoms with Crippen LogP contribution >= 0.6 is 23.1 Å². The molecule has 0 spiro atoms. The molecule has 0 unspecified atom stereocenters.